The van der Waals surface area contributed by atoms with E-state index in [-0.39, 0.29) is 0 Å². The largest absolute Gasteiger partial charge is 0.395 e. The van der Waals surface area contributed by atoms with Crippen molar-refractivity contribution in [3.05, 3.63) is 0 Å². The van der Waals surface area contributed by atoms with Gasteiger partial charge in [0.1, 0.15) is 0 Å². The van der Waals surface area contributed by atoms with Gasteiger partial charge in [0.2, 0.25) is 0 Å². The summed E-state index contributed by atoms with van der Waals surface area (Å²) < 4.78 is 11.7. The van der Waals surface area contributed by atoms with Crippen molar-refractivity contribution in [3.63, 3.8) is 0 Å². The molecule has 0 fully saturated rings. The molecular formula is C11H27NO2Si. The highest BCUT2D eigenvalue weighted by Gasteiger charge is 2.29. The highest BCUT2D eigenvalue weighted by atomic mass is 28.4. The van der Waals surface area contributed by atoms with Gasteiger partial charge in [0.15, 0.2) is 0 Å². The van der Waals surface area contributed by atoms with Crippen LogP contribution in [0.25, 0.3) is 0 Å². The third-order valence-electron chi connectivity index (χ3n) is 2.30. The Morgan fingerprint density at radius 1 is 1.13 bits per heavy atom. The molecule has 3 nitrogen and oxygen atoms in total. The smallest absolute Gasteiger partial charge is 0.334 e. The standard InChI is InChI=1S/C11H27NO2Si/c1-5-10-14-15(4,13-7-3)11-8-9-12-6-2/h12H,5-11H2,1-4H3. The fraction of sp³-hybridized carbons (Fsp3) is 1.00. The van der Waals surface area contributed by atoms with Gasteiger partial charge in [-0.1, -0.05) is 13.8 Å². The highest BCUT2D eigenvalue weighted by molar-refractivity contribution is 6.66. The molecule has 0 aromatic rings. The number of nitrogens with one attached hydrogen (secondary N) is 1. The van der Waals surface area contributed by atoms with Gasteiger partial charge >= 0.3 is 8.56 Å². The lowest BCUT2D eigenvalue weighted by atomic mass is 10.5. The molecule has 0 saturated carbocycles. The zero-order chi connectivity index (χ0) is 11.6. The molecule has 1 unspecified atom stereocenters. The summed E-state index contributed by atoms with van der Waals surface area (Å²) in [6.45, 7) is 12.2. The first-order chi connectivity index (χ1) is 7.18. The van der Waals surface area contributed by atoms with Crippen LogP contribution in [0.2, 0.25) is 12.6 Å². The summed E-state index contributed by atoms with van der Waals surface area (Å²) in [6, 6.07) is 1.09. The maximum atomic E-state index is 5.89. The molecule has 0 aromatic heterocycles. The van der Waals surface area contributed by atoms with Crippen molar-refractivity contribution < 1.29 is 8.85 Å². The summed E-state index contributed by atoms with van der Waals surface area (Å²) in [6.07, 6.45) is 2.23. The van der Waals surface area contributed by atoms with E-state index in [0.29, 0.717) is 0 Å². The van der Waals surface area contributed by atoms with Crippen LogP contribution in [-0.4, -0.2) is 34.9 Å². The minimum absolute atomic E-state index is 0.771. The Labute approximate surface area is 95.8 Å². The van der Waals surface area contributed by atoms with Crippen LogP contribution < -0.4 is 5.32 Å². The van der Waals surface area contributed by atoms with Crippen molar-refractivity contribution in [2.24, 2.45) is 0 Å². The van der Waals surface area contributed by atoms with Crippen LogP contribution >= 0.6 is 0 Å². The number of hydrogen-bond donors (Lipinski definition) is 1. The van der Waals surface area contributed by atoms with E-state index in [0.717, 1.165) is 45.2 Å². The first-order valence-corrected chi connectivity index (χ1v) is 8.69. The molecule has 0 aromatic carbocycles. The van der Waals surface area contributed by atoms with E-state index >= 15 is 0 Å². The molecule has 0 saturated heterocycles. The second kappa shape index (κ2) is 9.33. The Hall–Kier alpha value is 0.0969. The molecule has 4 heteroatoms. The predicted molar refractivity (Wildman–Crippen MR) is 67.5 cm³/mol. The molecule has 92 valence electrons. The lowest BCUT2D eigenvalue weighted by molar-refractivity contribution is 0.180. The van der Waals surface area contributed by atoms with Crippen LogP contribution in [0.1, 0.15) is 33.6 Å². The minimum Gasteiger partial charge on any atom is -0.395 e. The average molecular weight is 233 g/mol. The van der Waals surface area contributed by atoms with Crippen LogP contribution in [0, 0.1) is 0 Å². The van der Waals surface area contributed by atoms with Gasteiger partial charge in [-0.2, -0.15) is 0 Å². The molecule has 0 radical (unpaired) electrons. The summed E-state index contributed by atoms with van der Waals surface area (Å²) in [7, 11) is -1.86. The Balaban J connectivity index is 3.78. The number of rotatable bonds is 10. The Morgan fingerprint density at radius 3 is 2.40 bits per heavy atom. The Morgan fingerprint density at radius 2 is 1.87 bits per heavy atom. The van der Waals surface area contributed by atoms with E-state index in [1.807, 2.05) is 6.92 Å². The van der Waals surface area contributed by atoms with Crippen molar-refractivity contribution in [1.82, 2.24) is 5.32 Å². The van der Waals surface area contributed by atoms with Gasteiger partial charge in [-0.15, -0.1) is 0 Å². The van der Waals surface area contributed by atoms with Crippen molar-refractivity contribution in [2.45, 2.75) is 46.2 Å². The molecule has 15 heavy (non-hydrogen) atoms. The van der Waals surface area contributed by atoms with Gasteiger partial charge in [-0.3, -0.25) is 0 Å². The van der Waals surface area contributed by atoms with Gasteiger partial charge in [0, 0.05) is 13.2 Å². The van der Waals surface area contributed by atoms with E-state index in [2.05, 4.69) is 25.7 Å². The third kappa shape index (κ3) is 7.96. The monoisotopic (exact) mass is 233 g/mol. The first kappa shape index (κ1) is 15.1. The van der Waals surface area contributed by atoms with Crippen LogP contribution in [0.3, 0.4) is 0 Å². The second-order valence-electron chi connectivity index (χ2n) is 3.87. The van der Waals surface area contributed by atoms with E-state index < -0.39 is 8.56 Å². The molecule has 0 heterocycles. The quantitative estimate of drug-likeness (QED) is 0.464. The Kier molecular flexibility index (Phi) is 9.39. The van der Waals surface area contributed by atoms with Gasteiger partial charge < -0.3 is 14.2 Å². The highest BCUT2D eigenvalue weighted by Crippen LogP contribution is 2.15. The third-order valence-corrected chi connectivity index (χ3v) is 5.27. The molecule has 0 aliphatic carbocycles. The minimum atomic E-state index is -1.86. The zero-order valence-corrected chi connectivity index (χ0v) is 11.8. The van der Waals surface area contributed by atoms with E-state index in [9.17, 15) is 0 Å². The summed E-state index contributed by atoms with van der Waals surface area (Å²) in [4.78, 5) is 0. The molecule has 0 spiro atoms. The van der Waals surface area contributed by atoms with E-state index in [1.54, 1.807) is 0 Å². The Bertz CT molecular complexity index is 147. The molecule has 0 amide bonds. The van der Waals surface area contributed by atoms with Crippen molar-refractivity contribution in [3.8, 4) is 0 Å². The van der Waals surface area contributed by atoms with Crippen LogP contribution in [0.15, 0.2) is 0 Å². The average Bonchev–Trinajstić information content (AvgIpc) is 2.22. The van der Waals surface area contributed by atoms with Gasteiger partial charge in [0.25, 0.3) is 0 Å². The van der Waals surface area contributed by atoms with Gasteiger partial charge in [-0.25, -0.2) is 0 Å². The molecule has 1 atom stereocenters. The second-order valence-corrected chi connectivity index (χ2v) is 7.22. The van der Waals surface area contributed by atoms with Gasteiger partial charge in [0.05, 0.1) is 0 Å². The summed E-state index contributed by atoms with van der Waals surface area (Å²) in [5.41, 5.74) is 0. The molecule has 0 aliphatic heterocycles. The fourth-order valence-corrected chi connectivity index (χ4v) is 3.96. The normalized spacial score (nSPS) is 15.2. The summed E-state index contributed by atoms with van der Waals surface area (Å²) in [5.74, 6) is 0. The molecule has 1 N–H and O–H groups in total. The fourth-order valence-electron chi connectivity index (χ4n) is 1.52. The summed E-state index contributed by atoms with van der Waals surface area (Å²) >= 11 is 0. The molecular weight excluding hydrogens is 206 g/mol. The van der Waals surface area contributed by atoms with Crippen LogP contribution in [0.5, 0.6) is 0 Å². The first-order valence-electron chi connectivity index (χ1n) is 6.17. The van der Waals surface area contributed by atoms with E-state index in [4.69, 9.17) is 8.85 Å². The van der Waals surface area contributed by atoms with Crippen molar-refractivity contribution in [1.29, 1.82) is 0 Å². The molecule has 0 bridgehead atoms. The van der Waals surface area contributed by atoms with E-state index in [1.165, 1.54) is 0 Å². The maximum Gasteiger partial charge on any atom is 0.334 e. The van der Waals surface area contributed by atoms with Crippen LogP contribution in [-0.2, 0) is 8.85 Å². The molecule has 0 aliphatic rings. The zero-order valence-electron chi connectivity index (χ0n) is 10.8. The number of hydrogen-bond acceptors (Lipinski definition) is 3. The van der Waals surface area contributed by atoms with Crippen molar-refractivity contribution >= 4 is 8.56 Å². The van der Waals surface area contributed by atoms with Gasteiger partial charge in [-0.05, 0) is 45.4 Å². The molecule has 0 rings (SSSR count). The maximum absolute atomic E-state index is 5.89. The van der Waals surface area contributed by atoms with Crippen LogP contribution in [0.4, 0.5) is 0 Å². The SMILES string of the molecule is CCCO[Si](C)(CCCNCC)OCC. The predicted octanol–water partition coefficient (Wildman–Crippen LogP) is 2.52. The summed E-state index contributed by atoms with van der Waals surface area (Å²) in [5, 5.41) is 3.33. The topological polar surface area (TPSA) is 30.5 Å². The van der Waals surface area contributed by atoms with Crippen molar-refractivity contribution in [2.75, 3.05) is 26.3 Å². The lowest BCUT2D eigenvalue weighted by Gasteiger charge is -2.26. The lowest BCUT2D eigenvalue weighted by Crippen LogP contribution is -2.39.